The zero-order valence-electron chi connectivity index (χ0n) is 9.93. The first kappa shape index (κ1) is 11.4. The van der Waals surface area contributed by atoms with Crippen LogP contribution in [0.15, 0.2) is 16.9 Å². The number of aryl methyl sites for hydroxylation is 2. The highest BCUT2D eigenvalue weighted by atomic mass is 16.5. The Balaban J connectivity index is 2.45. The molecule has 6 heteroatoms. The van der Waals surface area contributed by atoms with E-state index >= 15 is 0 Å². The van der Waals surface area contributed by atoms with Crippen molar-refractivity contribution < 1.29 is 14.1 Å². The van der Waals surface area contributed by atoms with Gasteiger partial charge >= 0.3 is 5.97 Å². The van der Waals surface area contributed by atoms with Crippen LogP contribution in [0, 0.1) is 6.92 Å². The van der Waals surface area contributed by atoms with E-state index in [-0.39, 0.29) is 0 Å². The van der Waals surface area contributed by atoms with Crippen molar-refractivity contribution in [2.24, 2.45) is 7.05 Å². The van der Waals surface area contributed by atoms with Gasteiger partial charge in [0, 0.05) is 18.8 Å². The number of nitrogens with zero attached hydrogens (tertiary/aromatic N) is 3. The molecule has 6 nitrogen and oxygen atoms in total. The lowest BCUT2D eigenvalue weighted by Gasteiger charge is -2.00. The first-order valence-corrected chi connectivity index (χ1v) is 5.26. The molecule has 0 unspecified atom stereocenters. The van der Waals surface area contributed by atoms with Gasteiger partial charge in [0.2, 0.25) is 0 Å². The SMILES string of the molecule is CCOC(=O)c1c(-c2cnn(C)c2)noc1C. The summed E-state index contributed by atoms with van der Waals surface area (Å²) in [6.45, 7) is 3.75. The number of aromatic nitrogens is 3. The molecule has 0 atom stereocenters. The summed E-state index contributed by atoms with van der Waals surface area (Å²) in [7, 11) is 1.79. The molecule has 2 rings (SSSR count). The molecule has 2 aromatic rings. The van der Waals surface area contributed by atoms with Gasteiger partial charge < -0.3 is 9.26 Å². The summed E-state index contributed by atoms with van der Waals surface area (Å²) in [5.74, 6) is 0.0207. The Kier molecular flexibility index (Phi) is 2.95. The van der Waals surface area contributed by atoms with Gasteiger partial charge in [-0.2, -0.15) is 5.10 Å². The van der Waals surface area contributed by atoms with Crippen molar-refractivity contribution in [2.75, 3.05) is 6.61 Å². The number of hydrogen-bond donors (Lipinski definition) is 0. The van der Waals surface area contributed by atoms with Crippen molar-refractivity contribution in [3.8, 4) is 11.3 Å². The lowest BCUT2D eigenvalue weighted by molar-refractivity contribution is 0.0525. The van der Waals surface area contributed by atoms with Crippen LogP contribution in [0.1, 0.15) is 23.0 Å². The van der Waals surface area contributed by atoms with Gasteiger partial charge in [-0.05, 0) is 13.8 Å². The number of carbonyl (C=O) groups is 1. The van der Waals surface area contributed by atoms with E-state index in [4.69, 9.17) is 9.26 Å². The molecular formula is C11H13N3O3. The maximum Gasteiger partial charge on any atom is 0.344 e. The largest absolute Gasteiger partial charge is 0.462 e. The van der Waals surface area contributed by atoms with E-state index in [0.29, 0.717) is 23.6 Å². The van der Waals surface area contributed by atoms with Crippen LogP contribution in [0.25, 0.3) is 11.3 Å². The first-order valence-electron chi connectivity index (χ1n) is 5.26. The summed E-state index contributed by atoms with van der Waals surface area (Å²) in [6, 6.07) is 0. The minimum atomic E-state index is -0.426. The normalized spacial score (nSPS) is 10.5. The molecule has 90 valence electrons. The third kappa shape index (κ3) is 2.06. The quantitative estimate of drug-likeness (QED) is 0.755. The number of ether oxygens (including phenoxy) is 1. The Bertz CT molecular complexity index is 542. The predicted octanol–water partition coefficient (Wildman–Crippen LogP) is 1.56. The van der Waals surface area contributed by atoms with Gasteiger partial charge in [0.15, 0.2) is 0 Å². The van der Waals surface area contributed by atoms with E-state index in [1.54, 1.807) is 38.0 Å². The third-order valence-corrected chi connectivity index (χ3v) is 2.32. The molecule has 0 saturated heterocycles. The molecule has 0 aliphatic rings. The number of esters is 1. The monoisotopic (exact) mass is 235 g/mol. The molecule has 0 aromatic carbocycles. The van der Waals surface area contributed by atoms with Crippen molar-refractivity contribution in [3.63, 3.8) is 0 Å². The molecule has 2 aromatic heterocycles. The first-order chi connectivity index (χ1) is 8.13. The highest BCUT2D eigenvalue weighted by molar-refractivity contribution is 5.96. The molecule has 0 spiro atoms. The number of hydrogen-bond acceptors (Lipinski definition) is 5. The van der Waals surface area contributed by atoms with E-state index in [9.17, 15) is 4.79 Å². The zero-order valence-corrected chi connectivity index (χ0v) is 9.93. The molecule has 0 amide bonds. The fourth-order valence-electron chi connectivity index (χ4n) is 1.56. The molecule has 0 fully saturated rings. The standard InChI is InChI=1S/C11H13N3O3/c1-4-16-11(15)9-7(2)17-13-10(9)8-5-12-14(3)6-8/h5-6H,4H2,1-3H3. The smallest absolute Gasteiger partial charge is 0.344 e. The van der Waals surface area contributed by atoms with Crippen molar-refractivity contribution >= 4 is 5.97 Å². The summed E-state index contributed by atoms with van der Waals surface area (Å²) in [6.07, 6.45) is 3.39. The lowest BCUT2D eigenvalue weighted by Crippen LogP contribution is -2.06. The highest BCUT2D eigenvalue weighted by Gasteiger charge is 2.23. The summed E-state index contributed by atoms with van der Waals surface area (Å²) in [5, 5.41) is 7.91. The van der Waals surface area contributed by atoms with Crippen LogP contribution < -0.4 is 0 Å². The molecule has 0 aliphatic heterocycles. The van der Waals surface area contributed by atoms with Gasteiger partial charge in [-0.25, -0.2) is 4.79 Å². The van der Waals surface area contributed by atoms with Crippen molar-refractivity contribution in [1.29, 1.82) is 0 Å². The Hall–Kier alpha value is -2.11. The minimum Gasteiger partial charge on any atom is -0.462 e. The second-order valence-electron chi connectivity index (χ2n) is 3.59. The fourth-order valence-corrected chi connectivity index (χ4v) is 1.56. The molecule has 17 heavy (non-hydrogen) atoms. The minimum absolute atomic E-state index is 0.315. The van der Waals surface area contributed by atoms with Crippen LogP contribution in [-0.2, 0) is 11.8 Å². The predicted molar refractivity (Wildman–Crippen MR) is 59.4 cm³/mol. The molecule has 0 N–H and O–H groups in total. The molecule has 0 aliphatic carbocycles. The molecule has 2 heterocycles. The van der Waals surface area contributed by atoms with Crippen LogP contribution in [0.3, 0.4) is 0 Å². The Morgan fingerprint density at radius 1 is 1.59 bits per heavy atom. The van der Waals surface area contributed by atoms with Crippen molar-refractivity contribution in [3.05, 3.63) is 23.7 Å². The van der Waals surface area contributed by atoms with Crippen LogP contribution >= 0.6 is 0 Å². The Labute approximate surface area is 98.2 Å². The third-order valence-electron chi connectivity index (χ3n) is 2.32. The molecule has 0 saturated carbocycles. The Morgan fingerprint density at radius 2 is 2.35 bits per heavy atom. The average Bonchev–Trinajstić information content (AvgIpc) is 2.85. The van der Waals surface area contributed by atoms with E-state index in [2.05, 4.69) is 10.3 Å². The van der Waals surface area contributed by atoms with Crippen LogP contribution in [0.4, 0.5) is 0 Å². The lowest BCUT2D eigenvalue weighted by atomic mass is 10.1. The zero-order chi connectivity index (χ0) is 12.4. The highest BCUT2D eigenvalue weighted by Crippen LogP contribution is 2.25. The second kappa shape index (κ2) is 4.40. The molecule has 0 radical (unpaired) electrons. The van der Waals surface area contributed by atoms with E-state index in [0.717, 1.165) is 5.56 Å². The van der Waals surface area contributed by atoms with E-state index in [1.165, 1.54) is 0 Å². The van der Waals surface area contributed by atoms with Gasteiger partial charge in [-0.15, -0.1) is 0 Å². The van der Waals surface area contributed by atoms with Crippen LogP contribution in [0.2, 0.25) is 0 Å². The maximum absolute atomic E-state index is 11.8. The van der Waals surface area contributed by atoms with Crippen LogP contribution in [0.5, 0.6) is 0 Å². The van der Waals surface area contributed by atoms with Gasteiger partial charge in [-0.3, -0.25) is 4.68 Å². The van der Waals surface area contributed by atoms with Crippen molar-refractivity contribution in [1.82, 2.24) is 14.9 Å². The number of rotatable bonds is 3. The average molecular weight is 235 g/mol. The van der Waals surface area contributed by atoms with Gasteiger partial charge in [0.05, 0.1) is 12.8 Å². The molecule has 0 bridgehead atoms. The summed E-state index contributed by atoms with van der Waals surface area (Å²) in [5.41, 5.74) is 1.56. The van der Waals surface area contributed by atoms with Crippen molar-refractivity contribution in [2.45, 2.75) is 13.8 Å². The van der Waals surface area contributed by atoms with Crippen LogP contribution in [-0.4, -0.2) is 27.5 Å². The maximum atomic E-state index is 11.8. The van der Waals surface area contributed by atoms with Gasteiger partial charge in [0.1, 0.15) is 17.0 Å². The van der Waals surface area contributed by atoms with Gasteiger partial charge in [-0.1, -0.05) is 5.16 Å². The second-order valence-corrected chi connectivity index (χ2v) is 3.59. The van der Waals surface area contributed by atoms with E-state index < -0.39 is 5.97 Å². The summed E-state index contributed by atoms with van der Waals surface area (Å²) >= 11 is 0. The topological polar surface area (TPSA) is 70.2 Å². The van der Waals surface area contributed by atoms with Gasteiger partial charge in [0.25, 0.3) is 0 Å². The molecular weight excluding hydrogens is 222 g/mol. The fraction of sp³-hybridized carbons (Fsp3) is 0.364. The van der Waals surface area contributed by atoms with E-state index in [1.807, 2.05) is 0 Å². The number of carbonyl (C=O) groups excluding carboxylic acids is 1. The summed E-state index contributed by atoms with van der Waals surface area (Å²) < 4.78 is 11.6. The summed E-state index contributed by atoms with van der Waals surface area (Å²) in [4.78, 5) is 11.8. The Morgan fingerprint density at radius 3 is 2.94 bits per heavy atom.